The first-order chi connectivity index (χ1) is 9.20. The van der Waals surface area contributed by atoms with Crippen LogP contribution in [0.1, 0.15) is 10.4 Å². The Morgan fingerprint density at radius 2 is 2.05 bits per heavy atom. The van der Waals surface area contributed by atoms with Crippen LogP contribution in [0.2, 0.25) is 0 Å². The van der Waals surface area contributed by atoms with Crippen molar-refractivity contribution in [3.05, 3.63) is 36.4 Å². The van der Waals surface area contributed by atoms with Gasteiger partial charge in [0.1, 0.15) is 0 Å². The van der Waals surface area contributed by atoms with Gasteiger partial charge in [-0.15, -0.1) is 6.58 Å². The number of ether oxygens (including phenoxy) is 2. The van der Waals surface area contributed by atoms with Gasteiger partial charge in [0, 0.05) is 12.1 Å². The van der Waals surface area contributed by atoms with Gasteiger partial charge in [-0.2, -0.15) is 0 Å². The number of benzene rings is 1. The summed E-state index contributed by atoms with van der Waals surface area (Å²) in [6.45, 7) is 3.93. The van der Waals surface area contributed by atoms with Crippen molar-refractivity contribution in [3.8, 4) is 11.5 Å². The van der Waals surface area contributed by atoms with Gasteiger partial charge in [0.05, 0.1) is 6.54 Å². The molecule has 0 unspecified atom stereocenters. The topological polar surface area (TPSA) is 76.7 Å². The van der Waals surface area contributed by atoms with Crippen LogP contribution in [0.3, 0.4) is 0 Å². The lowest BCUT2D eigenvalue weighted by molar-refractivity contribution is -0.119. The third-order valence-electron chi connectivity index (χ3n) is 2.49. The largest absolute Gasteiger partial charge is 0.454 e. The van der Waals surface area contributed by atoms with Crippen molar-refractivity contribution >= 4 is 11.8 Å². The van der Waals surface area contributed by atoms with Gasteiger partial charge in [0.2, 0.25) is 12.7 Å². The van der Waals surface area contributed by atoms with Crippen LogP contribution in [-0.2, 0) is 4.79 Å². The number of hydrogen-bond acceptors (Lipinski definition) is 4. The van der Waals surface area contributed by atoms with E-state index in [2.05, 4.69) is 17.2 Å². The maximum Gasteiger partial charge on any atom is 0.251 e. The molecule has 2 amide bonds. The summed E-state index contributed by atoms with van der Waals surface area (Å²) in [4.78, 5) is 23.1. The minimum absolute atomic E-state index is 0.0822. The van der Waals surface area contributed by atoms with Crippen molar-refractivity contribution in [2.45, 2.75) is 0 Å². The number of carbonyl (C=O) groups excluding carboxylic acids is 2. The lowest BCUT2D eigenvalue weighted by Gasteiger charge is -2.06. The van der Waals surface area contributed by atoms with Crippen LogP contribution in [0, 0.1) is 0 Å². The van der Waals surface area contributed by atoms with Crippen LogP contribution in [0.5, 0.6) is 11.5 Å². The van der Waals surface area contributed by atoms with Crippen LogP contribution in [0.15, 0.2) is 30.9 Å². The molecule has 1 aliphatic rings. The van der Waals surface area contributed by atoms with E-state index in [1.54, 1.807) is 24.3 Å². The second-order valence-corrected chi connectivity index (χ2v) is 3.84. The highest BCUT2D eigenvalue weighted by atomic mass is 16.7. The first kappa shape index (κ1) is 12.9. The summed E-state index contributed by atoms with van der Waals surface area (Å²) < 4.78 is 10.3. The third-order valence-corrected chi connectivity index (χ3v) is 2.49. The number of rotatable bonds is 5. The van der Waals surface area contributed by atoms with E-state index in [1.807, 2.05) is 0 Å². The fraction of sp³-hybridized carbons (Fsp3) is 0.231. The highest BCUT2D eigenvalue weighted by Crippen LogP contribution is 2.32. The zero-order valence-electron chi connectivity index (χ0n) is 10.3. The summed E-state index contributed by atoms with van der Waals surface area (Å²) in [6.07, 6.45) is 1.57. The Balaban J connectivity index is 1.89. The molecule has 0 saturated carbocycles. The van der Waals surface area contributed by atoms with Crippen LogP contribution in [0.25, 0.3) is 0 Å². The van der Waals surface area contributed by atoms with Crippen molar-refractivity contribution < 1.29 is 19.1 Å². The SMILES string of the molecule is C=CCNC(=O)CNC(=O)c1ccc2c(c1)OCO2. The van der Waals surface area contributed by atoms with E-state index < -0.39 is 0 Å². The Morgan fingerprint density at radius 3 is 2.84 bits per heavy atom. The van der Waals surface area contributed by atoms with Crippen LogP contribution < -0.4 is 20.1 Å². The smallest absolute Gasteiger partial charge is 0.251 e. The van der Waals surface area contributed by atoms with E-state index in [4.69, 9.17) is 9.47 Å². The standard InChI is InChI=1S/C13H14N2O4/c1-2-5-14-12(16)7-15-13(17)9-3-4-10-11(6-9)19-8-18-10/h2-4,6H,1,5,7-8H2,(H,14,16)(H,15,17). The van der Waals surface area contributed by atoms with Gasteiger partial charge in [-0.05, 0) is 18.2 Å². The van der Waals surface area contributed by atoms with E-state index in [9.17, 15) is 9.59 Å². The maximum absolute atomic E-state index is 11.8. The molecule has 1 aromatic rings. The average molecular weight is 262 g/mol. The molecule has 1 aromatic carbocycles. The summed E-state index contributed by atoms with van der Waals surface area (Å²) in [5.74, 6) is 0.532. The van der Waals surface area contributed by atoms with Gasteiger partial charge in [0.15, 0.2) is 11.5 Å². The highest BCUT2D eigenvalue weighted by Gasteiger charge is 2.16. The van der Waals surface area contributed by atoms with Crippen molar-refractivity contribution in [2.75, 3.05) is 19.9 Å². The fourth-order valence-electron chi connectivity index (χ4n) is 1.55. The van der Waals surface area contributed by atoms with Crippen molar-refractivity contribution in [1.82, 2.24) is 10.6 Å². The van der Waals surface area contributed by atoms with Crippen LogP contribution in [0.4, 0.5) is 0 Å². The van der Waals surface area contributed by atoms with E-state index in [1.165, 1.54) is 0 Å². The quantitative estimate of drug-likeness (QED) is 0.755. The number of fused-ring (bicyclic) bond motifs is 1. The zero-order chi connectivity index (χ0) is 13.7. The van der Waals surface area contributed by atoms with E-state index >= 15 is 0 Å². The van der Waals surface area contributed by atoms with Gasteiger partial charge in [0.25, 0.3) is 5.91 Å². The minimum atomic E-state index is -0.341. The molecular weight excluding hydrogens is 248 g/mol. The molecule has 0 saturated heterocycles. The number of nitrogens with one attached hydrogen (secondary N) is 2. The number of hydrogen-bond donors (Lipinski definition) is 2. The van der Waals surface area contributed by atoms with Crippen molar-refractivity contribution in [2.24, 2.45) is 0 Å². The Kier molecular flexibility index (Phi) is 4.02. The van der Waals surface area contributed by atoms with E-state index in [-0.39, 0.29) is 25.2 Å². The van der Waals surface area contributed by atoms with Gasteiger partial charge in [-0.3, -0.25) is 9.59 Å². The van der Waals surface area contributed by atoms with Gasteiger partial charge >= 0.3 is 0 Å². The summed E-state index contributed by atoms with van der Waals surface area (Å²) in [7, 11) is 0. The summed E-state index contributed by atoms with van der Waals surface area (Å²) in [5.41, 5.74) is 0.417. The Bertz CT molecular complexity index is 513. The number of amides is 2. The maximum atomic E-state index is 11.8. The minimum Gasteiger partial charge on any atom is -0.454 e. The average Bonchev–Trinajstić information content (AvgIpc) is 2.89. The molecule has 1 heterocycles. The molecule has 6 heteroatoms. The lowest BCUT2D eigenvalue weighted by atomic mass is 10.2. The Hall–Kier alpha value is -2.50. The molecule has 0 aliphatic carbocycles. The predicted molar refractivity (Wildman–Crippen MR) is 68.1 cm³/mol. The normalized spacial score (nSPS) is 11.8. The molecule has 0 atom stereocenters. The van der Waals surface area contributed by atoms with Crippen LogP contribution >= 0.6 is 0 Å². The molecule has 0 bridgehead atoms. The van der Waals surface area contributed by atoms with E-state index in [0.29, 0.717) is 23.6 Å². The third kappa shape index (κ3) is 3.25. The predicted octanol–water partition coefficient (Wildman–Crippen LogP) is 0.447. The van der Waals surface area contributed by atoms with Crippen LogP contribution in [-0.4, -0.2) is 31.7 Å². The van der Waals surface area contributed by atoms with Crippen molar-refractivity contribution in [1.29, 1.82) is 0 Å². The Morgan fingerprint density at radius 1 is 1.26 bits per heavy atom. The number of carbonyl (C=O) groups is 2. The molecule has 6 nitrogen and oxygen atoms in total. The second-order valence-electron chi connectivity index (χ2n) is 3.84. The molecule has 19 heavy (non-hydrogen) atoms. The first-order valence-corrected chi connectivity index (χ1v) is 5.76. The Labute approximate surface area is 110 Å². The van der Waals surface area contributed by atoms with Gasteiger partial charge in [-0.1, -0.05) is 6.08 Å². The lowest BCUT2D eigenvalue weighted by Crippen LogP contribution is -2.36. The molecule has 2 N–H and O–H groups in total. The molecule has 0 aromatic heterocycles. The van der Waals surface area contributed by atoms with Gasteiger partial charge < -0.3 is 20.1 Å². The first-order valence-electron chi connectivity index (χ1n) is 5.76. The molecule has 0 fully saturated rings. The summed E-state index contributed by atoms with van der Waals surface area (Å²) in [5, 5.41) is 5.08. The van der Waals surface area contributed by atoms with Gasteiger partial charge in [-0.25, -0.2) is 0 Å². The van der Waals surface area contributed by atoms with Crippen molar-refractivity contribution in [3.63, 3.8) is 0 Å². The molecule has 2 rings (SSSR count). The molecule has 0 radical (unpaired) electrons. The monoisotopic (exact) mass is 262 g/mol. The fourth-order valence-corrected chi connectivity index (χ4v) is 1.55. The summed E-state index contributed by atoms with van der Waals surface area (Å²) in [6, 6.07) is 4.86. The molecule has 100 valence electrons. The second kappa shape index (κ2) is 5.90. The highest BCUT2D eigenvalue weighted by molar-refractivity contribution is 5.97. The zero-order valence-corrected chi connectivity index (χ0v) is 10.3. The molecular formula is C13H14N2O4. The molecule has 1 aliphatic heterocycles. The molecule has 0 spiro atoms. The van der Waals surface area contributed by atoms with E-state index in [0.717, 1.165) is 0 Å². The summed E-state index contributed by atoms with van der Waals surface area (Å²) >= 11 is 0.